The van der Waals surface area contributed by atoms with Crippen LogP contribution in [0.25, 0.3) is 0 Å². The molecule has 1 aromatic heterocycles. The van der Waals surface area contributed by atoms with Gasteiger partial charge in [-0.3, -0.25) is 9.78 Å². The lowest BCUT2D eigenvalue weighted by Crippen LogP contribution is -2.17. The lowest BCUT2D eigenvalue weighted by Gasteiger charge is -2.10. The van der Waals surface area contributed by atoms with Crippen LogP contribution in [0.1, 0.15) is 26.4 Å². The number of aromatic nitrogens is 1. The Hall–Kier alpha value is -2.89. The average Bonchev–Trinajstić information content (AvgIpc) is 2.41. The molecule has 2 rings (SSSR count). The zero-order valence-corrected chi connectivity index (χ0v) is 10.8. The molecule has 0 bridgehead atoms. The predicted octanol–water partition coefficient (Wildman–Crippen LogP) is 1.92. The summed E-state index contributed by atoms with van der Waals surface area (Å²) in [5.74, 6) is -1.62. The van der Waals surface area contributed by atoms with Crippen LogP contribution in [0.2, 0.25) is 0 Å². The number of carboxylic acids is 1. The number of nitrogens with one attached hydrogen (secondary N) is 1. The number of carbonyl (C=O) groups is 2. The molecule has 20 heavy (non-hydrogen) atoms. The first-order valence-corrected chi connectivity index (χ1v) is 5.85. The Kier molecular flexibility index (Phi) is 3.65. The lowest BCUT2D eigenvalue weighted by molar-refractivity contribution is 0.0698. The quantitative estimate of drug-likeness (QED) is 0.739. The summed E-state index contributed by atoms with van der Waals surface area (Å²) in [6.07, 6.45) is 1.50. The summed E-state index contributed by atoms with van der Waals surface area (Å²) in [4.78, 5) is 27.2. The van der Waals surface area contributed by atoms with Gasteiger partial charge in [0.25, 0.3) is 5.91 Å². The molecule has 0 fully saturated rings. The third-order valence-corrected chi connectivity index (χ3v) is 2.75. The highest BCUT2D eigenvalue weighted by Crippen LogP contribution is 2.20. The molecule has 0 radical (unpaired) electrons. The summed E-state index contributed by atoms with van der Waals surface area (Å²) in [6.45, 7) is 1.75. The van der Waals surface area contributed by atoms with Crippen molar-refractivity contribution in [1.82, 2.24) is 4.98 Å². The van der Waals surface area contributed by atoms with Gasteiger partial charge >= 0.3 is 5.97 Å². The zero-order valence-electron chi connectivity index (χ0n) is 10.8. The number of carbonyl (C=O) groups excluding carboxylic acids is 1. The van der Waals surface area contributed by atoms with Crippen LogP contribution >= 0.6 is 0 Å². The number of rotatable bonds is 3. The van der Waals surface area contributed by atoms with Crippen LogP contribution in [0.15, 0.2) is 36.5 Å². The fourth-order valence-corrected chi connectivity index (χ4v) is 1.75. The summed E-state index contributed by atoms with van der Waals surface area (Å²) < 4.78 is 0. The molecule has 6 heteroatoms. The van der Waals surface area contributed by atoms with E-state index in [1.54, 1.807) is 19.1 Å². The second kappa shape index (κ2) is 5.40. The number of hydrogen-bond acceptors (Lipinski definition) is 4. The van der Waals surface area contributed by atoms with Gasteiger partial charge in [0, 0.05) is 11.9 Å². The van der Waals surface area contributed by atoms with Crippen molar-refractivity contribution in [2.75, 3.05) is 11.1 Å². The Labute approximate surface area is 115 Å². The first kappa shape index (κ1) is 13.5. The van der Waals surface area contributed by atoms with Crippen LogP contribution in [-0.4, -0.2) is 22.0 Å². The molecule has 102 valence electrons. The van der Waals surface area contributed by atoms with Crippen molar-refractivity contribution in [1.29, 1.82) is 0 Å². The van der Waals surface area contributed by atoms with Crippen molar-refractivity contribution in [3.8, 4) is 0 Å². The van der Waals surface area contributed by atoms with Crippen molar-refractivity contribution in [2.24, 2.45) is 0 Å². The largest absolute Gasteiger partial charge is 0.478 e. The number of amides is 1. The molecule has 1 heterocycles. The Morgan fingerprint density at radius 1 is 1.30 bits per heavy atom. The molecule has 0 aliphatic carbocycles. The number of anilines is 2. The second-order valence-electron chi connectivity index (χ2n) is 4.23. The van der Waals surface area contributed by atoms with Crippen molar-refractivity contribution in [2.45, 2.75) is 6.92 Å². The zero-order chi connectivity index (χ0) is 14.7. The predicted molar refractivity (Wildman–Crippen MR) is 74.7 cm³/mol. The number of nitrogens with two attached hydrogens (primary N) is 1. The number of nitrogen functional groups attached to an aromatic ring is 1. The molecule has 6 nitrogen and oxygen atoms in total. The maximum absolute atomic E-state index is 12.1. The monoisotopic (exact) mass is 271 g/mol. The highest BCUT2D eigenvalue weighted by atomic mass is 16.4. The van der Waals surface area contributed by atoms with Gasteiger partial charge < -0.3 is 16.2 Å². The molecule has 0 atom stereocenters. The SMILES string of the molecule is Cc1cccnc1C(=O)Nc1ccc(N)cc1C(=O)O. The number of aromatic carboxylic acids is 1. The second-order valence-corrected chi connectivity index (χ2v) is 4.23. The van der Waals surface area contributed by atoms with Gasteiger partial charge in [-0.2, -0.15) is 0 Å². The smallest absolute Gasteiger partial charge is 0.337 e. The van der Waals surface area contributed by atoms with E-state index in [4.69, 9.17) is 10.8 Å². The molecule has 4 N–H and O–H groups in total. The lowest BCUT2D eigenvalue weighted by atomic mass is 10.1. The van der Waals surface area contributed by atoms with Crippen LogP contribution in [0, 0.1) is 6.92 Å². The van der Waals surface area contributed by atoms with Crippen molar-refractivity contribution in [3.63, 3.8) is 0 Å². The van der Waals surface area contributed by atoms with Gasteiger partial charge in [-0.05, 0) is 36.8 Å². The van der Waals surface area contributed by atoms with Gasteiger partial charge in [0.1, 0.15) is 5.69 Å². The van der Waals surface area contributed by atoms with E-state index in [9.17, 15) is 9.59 Å². The Balaban J connectivity index is 2.33. The molecule has 0 aliphatic rings. The third kappa shape index (κ3) is 2.74. The Morgan fingerprint density at radius 2 is 2.05 bits per heavy atom. The number of carboxylic acid groups (broad SMARTS) is 1. The van der Waals surface area contributed by atoms with E-state index in [2.05, 4.69) is 10.3 Å². The van der Waals surface area contributed by atoms with Gasteiger partial charge in [0.05, 0.1) is 11.3 Å². The first-order chi connectivity index (χ1) is 9.49. The van der Waals surface area contributed by atoms with Crippen LogP contribution in [0.3, 0.4) is 0 Å². The Morgan fingerprint density at radius 3 is 2.70 bits per heavy atom. The summed E-state index contributed by atoms with van der Waals surface area (Å²) in [7, 11) is 0. The molecule has 1 amide bonds. The van der Waals surface area contributed by atoms with E-state index in [1.165, 1.54) is 24.4 Å². The van der Waals surface area contributed by atoms with Crippen LogP contribution in [0.5, 0.6) is 0 Å². The van der Waals surface area contributed by atoms with Crippen molar-refractivity contribution >= 4 is 23.3 Å². The highest BCUT2D eigenvalue weighted by molar-refractivity contribution is 6.07. The standard InChI is InChI=1S/C14H13N3O3/c1-8-3-2-6-16-12(8)13(18)17-11-5-4-9(15)7-10(11)14(19)20/h2-7H,15H2,1H3,(H,17,18)(H,19,20). The molecule has 0 aliphatic heterocycles. The molecule has 2 aromatic rings. The molecular formula is C14H13N3O3. The average molecular weight is 271 g/mol. The van der Waals surface area contributed by atoms with Gasteiger partial charge in [-0.1, -0.05) is 6.07 Å². The van der Waals surface area contributed by atoms with Crippen LogP contribution < -0.4 is 11.1 Å². The number of nitrogens with zero attached hydrogens (tertiary/aromatic N) is 1. The summed E-state index contributed by atoms with van der Waals surface area (Å²) >= 11 is 0. The molecule has 0 saturated carbocycles. The topological polar surface area (TPSA) is 105 Å². The molecule has 0 saturated heterocycles. The number of hydrogen-bond donors (Lipinski definition) is 3. The first-order valence-electron chi connectivity index (χ1n) is 5.85. The minimum Gasteiger partial charge on any atom is -0.478 e. The Bertz CT molecular complexity index is 683. The van der Waals surface area contributed by atoms with Crippen LogP contribution in [-0.2, 0) is 0 Å². The normalized spacial score (nSPS) is 10.1. The van der Waals surface area contributed by atoms with Gasteiger partial charge in [0.2, 0.25) is 0 Å². The number of benzene rings is 1. The fraction of sp³-hybridized carbons (Fsp3) is 0.0714. The van der Waals surface area contributed by atoms with Gasteiger partial charge in [0.15, 0.2) is 0 Å². The van der Waals surface area contributed by atoms with Gasteiger partial charge in [-0.15, -0.1) is 0 Å². The minimum absolute atomic E-state index is 0.0630. The number of pyridine rings is 1. The van der Waals surface area contributed by atoms with Crippen molar-refractivity contribution < 1.29 is 14.7 Å². The summed E-state index contributed by atoms with van der Waals surface area (Å²) in [5, 5.41) is 11.6. The third-order valence-electron chi connectivity index (χ3n) is 2.75. The number of aryl methyl sites for hydroxylation is 1. The maximum Gasteiger partial charge on any atom is 0.337 e. The maximum atomic E-state index is 12.1. The minimum atomic E-state index is -1.16. The molecular weight excluding hydrogens is 258 g/mol. The van der Waals surface area contributed by atoms with E-state index in [1.807, 2.05) is 0 Å². The van der Waals surface area contributed by atoms with E-state index < -0.39 is 11.9 Å². The van der Waals surface area contributed by atoms with E-state index in [0.29, 0.717) is 11.3 Å². The molecule has 0 unspecified atom stereocenters. The highest BCUT2D eigenvalue weighted by Gasteiger charge is 2.15. The molecule has 1 aromatic carbocycles. The fourth-order valence-electron chi connectivity index (χ4n) is 1.75. The van der Waals surface area contributed by atoms with Crippen molar-refractivity contribution in [3.05, 3.63) is 53.3 Å². The van der Waals surface area contributed by atoms with E-state index in [0.717, 1.165) is 0 Å². The van der Waals surface area contributed by atoms with Gasteiger partial charge in [-0.25, -0.2) is 4.79 Å². The molecule has 0 spiro atoms. The van der Waals surface area contributed by atoms with E-state index >= 15 is 0 Å². The van der Waals surface area contributed by atoms with Crippen LogP contribution in [0.4, 0.5) is 11.4 Å². The van der Waals surface area contributed by atoms with E-state index in [-0.39, 0.29) is 16.9 Å². The summed E-state index contributed by atoms with van der Waals surface area (Å²) in [5.41, 5.74) is 6.93. The summed E-state index contributed by atoms with van der Waals surface area (Å²) in [6, 6.07) is 7.74.